The van der Waals surface area contributed by atoms with Crippen LogP contribution in [-0.2, 0) is 0 Å². The van der Waals surface area contributed by atoms with Gasteiger partial charge in [-0.1, -0.05) is 6.07 Å². The fourth-order valence-electron chi connectivity index (χ4n) is 2.22. The van der Waals surface area contributed by atoms with E-state index in [1.165, 1.54) is 6.33 Å². The summed E-state index contributed by atoms with van der Waals surface area (Å²) in [6.45, 7) is 0.989. The highest BCUT2D eigenvalue weighted by Crippen LogP contribution is 2.18. The standard InChI is InChI=1S/C17H19N7OS/c1-26-14-5-2-4-13(10-14)23-17(25)19-8-7-18-15-11-16(21-12-20-15)24-9-3-6-22-24/h2-6,9-12H,7-8H2,1H3,(H,18,20,21)(H2,19,23,25). The topological polar surface area (TPSA) is 96.8 Å². The number of hydrogen-bond acceptors (Lipinski definition) is 6. The van der Waals surface area contributed by atoms with Crippen LogP contribution in [0.2, 0.25) is 0 Å². The van der Waals surface area contributed by atoms with Gasteiger partial charge in [0, 0.05) is 42.1 Å². The second-order valence-electron chi connectivity index (χ2n) is 5.25. The number of nitrogens with zero attached hydrogens (tertiary/aromatic N) is 4. The Morgan fingerprint density at radius 3 is 2.92 bits per heavy atom. The summed E-state index contributed by atoms with van der Waals surface area (Å²) in [6.07, 6.45) is 6.96. The van der Waals surface area contributed by atoms with Crippen LogP contribution >= 0.6 is 11.8 Å². The van der Waals surface area contributed by atoms with E-state index < -0.39 is 0 Å². The van der Waals surface area contributed by atoms with Gasteiger partial charge < -0.3 is 16.0 Å². The fourth-order valence-corrected chi connectivity index (χ4v) is 2.68. The quantitative estimate of drug-likeness (QED) is 0.438. The summed E-state index contributed by atoms with van der Waals surface area (Å²) in [4.78, 5) is 21.4. The van der Waals surface area contributed by atoms with Crippen LogP contribution in [0.25, 0.3) is 5.82 Å². The van der Waals surface area contributed by atoms with E-state index in [-0.39, 0.29) is 6.03 Å². The van der Waals surface area contributed by atoms with Crippen LogP contribution in [-0.4, -0.2) is 45.1 Å². The molecule has 134 valence electrons. The van der Waals surface area contributed by atoms with Gasteiger partial charge in [-0.2, -0.15) is 5.10 Å². The number of aromatic nitrogens is 4. The Morgan fingerprint density at radius 2 is 2.12 bits per heavy atom. The summed E-state index contributed by atoms with van der Waals surface area (Å²) < 4.78 is 1.65. The molecule has 0 aliphatic heterocycles. The molecule has 0 saturated carbocycles. The maximum Gasteiger partial charge on any atom is 0.319 e. The number of rotatable bonds is 7. The molecule has 2 amide bonds. The number of carbonyl (C=O) groups excluding carboxylic acids is 1. The van der Waals surface area contributed by atoms with E-state index in [1.807, 2.05) is 42.8 Å². The van der Waals surface area contributed by atoms with Crippen molar-refractivity contribution < 1.29 is 4.79 Å². The lowest BCUT2D eigenvalue weighted by atomic mass is 10.3. The third-order valence-electron chi connectivity index (χ3n) is 3.44. The second-order valence-corrected chi connectivity index (χ2v) is 6.13. The van der Waals surface area contributed by atoms with Crippen molar-refractivity contribution in [2.45, 2.75) is 4.90 Å². The van der Waals surface area contributed by atoms with Crippen molar-refractivity contribution in [2.75, 3.05) is 30.0 Å². The van der Waals surface area contributed by atoms with Gasteiger partial charge in [-0.15, -0.1) is 11.8 Å². The number of benzene rings is 1. The highest BCUT2D eigenvalue weighted by atomic mass is 32.2. The van der Waals surface area contributed by atoms with Gasteiger partial charge in [0.05, 0.1) is 0 Å². The van der Waals surface area contributed by atoms with Crippen molar-refractivity contribution >= 4 is 29.3 Å². The molecule has 0 spiro atoms. The van der Waals surface area contributed by atoms with Crippen LogP contribution in [0.3, 0.4) is 0 Å². The van der Waals surface area contributed by atoms with Gasteiger partial charge in [-0.25, -0.2) is 19.4 Å². The lowest BCUT2D eigenvalue weighted by Gasteiger charge is -2.10. The summed E-state index contributed by atoms with van der Waals surface area (Å²) in [7, 11) is 0. The van der Waals surface area contributed by atoms with Gasteiger partial charge in [-0.05, 0) is 30.5 Å². The molecule has 3 aromatic rings. The maximum absolute atomic E-state index is 11.9. The summed E-state index contributed by atoms with van der Waals surface area (Å²) in [5.41, 5.74) is 0.766. The molecule has 3 rings (SSSR count). The molecule has 0 radical (unpaired) electrons. The van der Waals surface area contributed by atoms with E-state index in [2.05, 4.69) is 31.0 Å². The van der Waals surface area contributed by atoms with Gasteiger partial charge in [0.25, 0.3) is 0 Å². The van der Waals surface area contributed by atoms with Crippen molar-refractivity contribution in [2.24, 2.45) is 0 Å². The molecule has 0 fully saturated rings. The van der Waals surface area contributed by atoms with Crippen LogP contribution in [0.4, 0.5) is 16.3 Å². The highest BCUT2D eigenvalue weighted by molar-refractivity contribution is 7.98. The second kappa shape index (κ2) is 8.86. The third kappa shape index (κ3) is 4.96. The molecule has 0 atom stereocenters. The summed E-state index contributed by atoms with van der Waals surface area (Å²) in [5, 5.41) is 12.9. The molecule has 3 N–H and O–H groups in total. The average Bonchev–Trinajstić information content (AvgIpc) is 3.20. The number of urea groups is 1. The monoisotopic (exact) mass is 369 g/mol. The number of hydrogen-bond donors (Lipinski definition) is 3. The molecular weight excluding hydrogens is 350 g/mol. The van der Waals surface area contributed by atoms with Gasteiger partial charge in [-0.3, -0.25) is 0 Å². The number of amides is 2. The Hall–Kier alpha value is -3.07. The lowest BCUT2D eigenvalue weighted by Crippen LogP contribution is -2.32. The van der Waals surface area contributed by atoms with Crippen LogP contribution in [0, 0.1) is 0 Å². The molecule has 2 aromatic heterocycles. The molecule has 9 heteroatoms. The molecule has 26 heavy (non-hydrogen) atoms. The average molecular weight is 369 g/mol. The van der Waals surface area contributed by atoms with Crippen molar-refractivity contribution in [3.63, 3.8) is 0 Å². The van der Waals surface area contributed by atoms with Crippen molar-refractivity contribution in [1.82, 2.24) is 25.1 Å². The molecule has 0 aliphatic carbocycles. The molecule has 0 bridgehead atoms. The van der Waals surface area contributed by atoms with Gasteiger partial charge >= 0.3 is 6.03 Å². The Bertz CT molecular complexity index is 854. The molecule has 1 aromatic carbocycles. The first kappa shape index (κ1) is 17.7. The first-order valence-corrected chi connectivity index (χ1v) is 9.22. The van der Waals surface area contributed by atoms with Gasteiger partial charge in [0.15, 0.2) is 5.82 Å². The van der Waals surface area contributed by atoms with Gasteiger partial charge in [0.1, 0.15) is 12.1 Å². The van der Waals surface area contributed by atoms with E-state index >= 15 is 0 Å². The minimum atomic E-state index is -0.245. The number of nitrogens with one attached hydrogen (secondary N) is 3. The first-order valence-electron chi connectivity index (χ1n) is 7.99. The summed E-state index contributed by atoms with van der Waals surface area (Å²) in [6, 6.07) is 11.1. The molecular formula is C17H19N7OS. The van der Waals surface area contributed by atoms with Crippen LogP contribution in [0.15, 0.2) is 60.0 Å². The Balaban J connectivity index is 1.44. The zero-order chi connectivity index (χ0) is 18.2. The van der Waals surface area contributed by atoms with E-state index in [1.54, 1.807) is 28.7 Å². The number of thioether (sulfide) groups is 1. The summed E-state index contributed by atoms with van der Waals surface area (Å²) in [5.74, 6) is 1.34. The van der Waals surface area contributed by atoms with Crippen molar-refractivity contribution in [3.05, 3.63) is 55.1 Å². The lowest BCUT2D eigenvalue weighted by molar-refractivity contribution is 0.252. The van der Waals surface area contributed by atoms with Crippen molar-refractivity contribution in [3.8, 4) is 5.82 Å². The Morgan fingerprint density at radius 1 is 1.19 bits per heavy atom. The largest absolute Gasteiger partial charge is 0.368 e. The van der Waals surface area contributed by atoms with Crippen molar-refractivity contribution in [1.29, 1.82) is 0 Å². The Kier molecular flexibility index (Phi) is 6.05. The molecule has 0 unspecified atom stereocenters. The normalized spacial score (nSPS) is 10.3. The molecule has 2 heterocycles. The minimum absolute atomic E-state index is 0.245. The van der Waals surface area contributed by atoms with Gasteiger partial charge in [0.2, 0.25) is 0 Å². The number of anilines is 2. The zero-order valence-electron chi connectivity index (χ0n) is 14.2. The van der Waals surface area contributed by atoms with Crippen LogP contribution < -0.4 is 16.0 Å². The maximum atomic E-state index is 11.9. The molecule has 0 saturated heterocycles. The van der Waals surface area contributed by atoms with E-state index in [0.29, 0.717) is 24.7 Å². The molecule has 0 aliphatic rings. The summed E-state index contributed by atoms with van der Waals surface area (Å²) >= 11 is 1.63. The molecule has 8 nitrogen and oxygen atoms in total. The van der Waals surface area contributed by atoms with E-state index in [0.717, 1.165) is 10.6 Å². The Labute approximate surface area is 155 Å². The third-order valence-corrected chi connectivity index (χ3v) is 4.16. The predicted molar refractivity (Wildman–Crippen MR) is 103 cm³/mol. The van der Waals surface area contributed by atoms with Crippen LogP contribution in [0.5, 0.6) is 0 Å². The zero-order valence-corrected chi connectivity index (χ0v) is 15.0. The first-order chi connectivity index (χ1) is 12.7. The smallest absolute Gasteiger partial charge is 0.319 e. The minimum Gasteiger partial charge on any atom is -0.368 e. The predicted octanol–water partition coefficient (Wildman–Crippen LogP) is 2.62. The number of carbonyl (C=O) groups is 1. The SMILES string of the molecule is CSc1cccc(NC(=O)NCCNc2cc(-n3cccn3)ncn2)c1. The van der Waals surface area contributed by atoms with E-state index in [4.69, 9.17) is 0 Å². The fraction of sp³-hybridized carbons (Fsp3) is 0.176. The highest BCUT2D eigenvalue weighted by Gasteiger charge is 2.03. The van der Waals surface area contributed by atoms with Crippen LogP contribution in [0.1, 0.15) is 0 Å². The van der Waals surface area contributed by atoms with E-state index in [9.17, 15) is 4.79 Å².